The fraction of sp³-hybridized carbons (Fsp3) is 0.400. The molecule has 2 rings (SSSR count). The third-order valence-electron chi connectivity index (χ3n) is 2.70. The van der Waals surface area contributed by atoms with Gasteiger partial charge in [0.2, 0.25) is 5.88 Å². The lowest BCUT2D eigenvalue weighted by molar-refractivity contribution is 0.147. The van der Waals surface area contributed by atoms with E-state index in [1.807, 2.05) is 32.0 Å². The molecule has 0 aliphatic rings. The Morgan fingerprint density at radius 3 is 2.45 bits per heavy atom. The monoisotopic (exact) mass is 299 g/mol. The first-order valence-corrected chi connectivity index (χ1v) is 7.37. The van der Waals surface area contributed by atoms with Gasteiger partial charge in [-0.2, -0.15) is 8.28 Å². The van der Waals surface area contributed by atoms with Gasteiger partial charge in [-0.05, 0) is 29.0 Å². The molecule has 0 bridgehead atoms. The van der Waals surface area contributed by atoms with E-state index in [0.29, 0.717) is 11.3 Å². The second-order valence-electron chi connectivity index (χ2n) is 4.19. The SMILES string of the molecule is CC.CC(C)c1cccc2c(OC(F)SF)nccc12. The van der Waals surface area contributed by atoms with E-state index in [4.69, 9.17) is 4.74 Å². The van der Waals surface area contributed by atoms with Crippen LogP contribution in [0.15, 0.2) is 30.5 Å². The number of ether oxygens (including phenoxy) is 1. The fourth-order valence-electron chi connectivity index (χ4n) is 1.91. The number of nitrogens with zero attached hydrogens (tertiary/aromatic N) is 1. The highest BCUT2D eigenvalue weighted by molar-refractivity contribution is 7.94. The molecule has 1 aromatic carbocycles. The number of hydrogen-bond donors (Lipinski definition) is 0. The summed E-state index contributed by atoms with van der Waals surface area (Å²) in [5.74, 6) is 0.452. The average molecular weight is 299 g/mol. The zero-order chi connectivity index (χ0) is 15.1. The van der Waals surface area contributed by atoms with Crippen LogP contribution in [0.25, 0.3) is 10.8 Å². The lowest BCUT2D eigenvalue weighted by atomic mass is 9.97. The Balaban J connectivity index is 0.000000956. The van der Waals surface area contributed by atoms with Crippen molar-refractivity contribution in [1.82, 2.24) is 4.98 Å². The number of halogens is 2. The fourth-order valence-corrected chi connectivity index (χ4v) is 2.04. The molecule has 2 nitrogen and oxygen atoms in total. The van der Waals surface area contributed by atoms with E-state index < -0.39 is 17.8 Å². The predicted molar refractivity (Wildman–Crippen MR) is 81.4 cm³/mol. The number of benzene rings is 1. The smallest absolute Gasteiger partial charge is 0.317 e. The van der Waals surface area contributed by atoms with Crippen molar-refractivity contribution in [2.24, 2.45) is 0 Å². The van der Waals surface area contributed by atoms with Crippen LogP contribution in [0.5, 0.6) is 5.88 Å². The lowest BCUT2D eigenvalue weighted by Gasteiger charge is -2.13. The van der Waals surface area contributed by atoms with Crippen molar-refractivity contribution in [2.45, 2.75) is 39.3 Å². The second-order valence-corrected chi connectivity index (χ2v) is 4.74. The molecule has 0 fully saturated rings. The third kappa shape index (κ3) is 3.82. The van der Waals surface area contributed by atoms with Gasteiger partial charge in [0.1, 0.15) is 12.1 Å². The Morgan fingerprint density at radius 1 is 1.15 bits per heavy atom. The van der Waals surface area contributed by atoms with Crippen molar-refractivity contribution in [1.29, 1.82) is 0 Å². The quantitative estimate of drug-likeness (QED) is 0.683. The van der Waals surface area contributed by atoms with Gasteiger partial charge in [-0.25, -0.2) is 4.98 Å². The summed E-state index contributed by atoms with van der Waals surface area (Å²) in [6.07, 6.45) is 1.54. The van der Waals surface area contributed by atoms with Crippen LogP contribution in [0.2, 0.25) is 0 Å². The Hall–Kier alpha value is -1.36. The molecular weight excluding hydrogens is 280 g/mol. The van der Waals surface area contributed by atoms with Gasteiger partial charge in [-0.15, -0.1) is 0 Å². The number of pyridine rings is 1. The van der Waals surface area contributed by atoms with Gasteiger partial charge in [-0.3, -0.25) is 0 Å². The van der Waals surface area contributed by atoms with Crippen molar-refractivity contribution in [3.63, 3.8) is 0 Å². The van der Waals surface area contributed by atoms with Gasteiger partial charge < -0.3 is 4.74 Å². The molecule has 0 aliphatic heterocycles. The number of rotatable bonds is 4. The second kappa shape index (κ2) is 8.04. The normalized spacial score (nSPS) is 11.9. The highest BCUT2D eigenvalue weighted by Crippen LogP contribution is 2.31. The van der Waals surface area contributed by atoms with Crippen LogP contribution in [0, 0.1) is 0 Å². The van der Waals surface area contributed by atoms with Crippen LogP contribution >= 0.6 is 12.1 Å². The van der Waals surface area contributed by atoms with Crippen LogP contribution < -0.4 is 4.74 Å². The summed E-state index contributed by atoms with van der Waals surface area (Å²) in [6.45, 7) is 8.15. The Morgan fingerprint density at radius 2 is 1.85 bits per heavy atom. The predicted octanol–water partition coefficient (Wildman–Crippen LogP) is 5.63. The van der Waals surface area contributed by atoms with E-state index >= 15 is 0 Å². The number of aromatic nitrogens is 1. The molecule has 1 aromatic heterocycles. The van der Waals surface area contributed by atoms with E-state index in [-0.39, 0.29) is 5.88 Å². The van der Waals surface area contributed by atoms with Crippen LogP contribution in [0.1, 0.15) is 39.2 Å². The molecule has 1 unspecified atom stereocenters. The zero-order valence-electron chi connectivity index (χ0n) is 12.1. The molecular formula is C15H19F2NOS. The van der Waals surface area contributed by atoms with Gasteiger partial charge >= 0.3 is 5.69 Å². The van der Waals surface area contributed by atoms with E-state index in [0.717, 1.165) is 10.9 Å². The highest BCUT2D eigenvalue weighted by Gasteiger charge is 2.14. The molecule has 1 heterocycles. The minimum Gasteiger partial charge on any atom is -0.431 e. The molecule has 0 N–H and O–H groups in total. The van der Waals surface area contributed by atoms with Crippen molar-refractivity contribution in [2.75, 3.05) is 0 Å². The lowest BCUT2D eigenvalue weighted by Crippen LogP contribution is -2.05. The Labute approximate surface area is 122 Å². The summed E-state index contributed by atoms with van der Waals surface area (Å²) in [6, 6.07) is 7.52. The van der Waals surface area contributed by atoms with E-state index in [1.54, 1.807) is 12.3 Å². The number of fused-ring (bicyclic) bond motifs is 1. The minimum absolute atomic E-state index is 0.118. The molecule has 110 valence electrons. The van der Waals surface area contributed by atoms with Crippen molar-refractivity contribution >= 4 is 22.9 Å². The number of hydrogen-bond acceptors (Lipinski definition) is 3. The van der Waals surface area contributed by atoms with Gasteiger partial charge in [0.15, 0.2) is 0 Å². The van der Waals surface area contributed by atoms with Gasteiger partial charge in [0.05, 0.1) is 0 Å². The summed E-state index contributed by atoms with van der Waals surface area (Å²) < 4.78 is 29.8. The molecule has 2 aromatic rings. The van der Waals surface area contributed by atoms with Gasteiger partial charge in [-0.1, -0.05) is 39.8 Å². The molecule has 0 saturated heterocycles. The summed E-state index contributed by atoms with van der Waals surface area (Å²) >= 11 is -0.490. The summed E-state index contributed by atoms with van der Waals surface area (Å²) in [4.78, 5) is 3.95. The van der Waals surface area contributed by atoms with Crippen LogP contribution in [-0.4, -0.2) is 10.7 Å². The van der Waals surface area contributed by atoms with Crippen molar-refractivity contribution in [3.8, 4) is 5.88 Å². The first kappa shape index (κ1) is 16.7. The van der Waals surface area contributed by atoms with E-state index in [1.165, 1.54) is 0 Å². The molecule has 5 heteroatoms. The van der Waals surface area contributed by atoms with E-state index in [9.17, 15) is 8.28 Å². The largest absolute Gasteiger partial charge is 0.431 e. The summed E-state index contributed by atoms with van der Waals surface area (Å²) in [7, 11) is 0. The topological polar surface area (TPSA) is 22.1 Å². The van der Waals surface area contributed by atoms with Crippen LogP contribution in [0.3, 0.4) is 0 Å². The van der Waals surface area contributed by atoms with Crippen LogP contribution in [-0.2, 0) is 0 Å². The standard InChI is InChI=1S/C13H13F2NOS.C2H6/c1-8(2)9-4-3-5-11-10(9)6-7-16-12(11)17-13(14)18-15;1-2/h3-8,13H,1-2H3;1-2H3. The molecule has 0 amide bonds. The first-order chi connectivity index (χ1) is 9.63. The minimum atomic E-state index is -2.05. The molecule has 1 atom stereocenters. The Bertz CT molecular complexity index is 548. The van der Waals surface area contributed by atoms with Gasteiger partial charge in [0, 0.05) is 11.6 Å². The highest BCUT2D eigenvalue weighted by atomic mass is 32.2. The van der Waals surface area contributed by atoms with Gasteiger partial charge in [0.25, 0.3) is 0 Å². The average Bonchev–Trinajstić information content (AvgIpc) is 2.48. The molecule has 0 spiro atoms. The number of alkyl halides is 1. The first-order valence-electron chi connectivity index (χ1n) is 6.59. The molecule has 0 radical (unpaired) electrons. The van der Waals surface area contributed by atoms with Crippen molar-refractivity contribution in [3.05, 3.63) is 36.0 Å². The zero-order valence-corrected chi connectivity index (χ0v) is 12.9. The van der Waals surface area contributed by atoms with Crippen molar-refractivity contribution < 1.29 is 13.0 Å². The summed E-state index contributed by atoms with van der Waals surface area (Å²) in [5, 5.41) is 1.65. The third-order valence-corrected chi connectivity index (χ3v) is 2.94. The molecule has 0 aliphatic carbocycles. The summed E-state index contributed by atoms with van der Waals surface area (Å²) in [5.41, 5.74) is -0.922. The molecule has 20 heavy (non-hydrogen) atoms. The maximum atomic E-state index is 12.9. The maximum absolute atomic E-state index is 12.9. The maximum Gasteiger partial charge on any atom is 0.317 e. The van der Waals surface area contributed by atoms with Crippen LogP contribution in [0.4, 0.5) is 8.28 Å². The molecule has 0 saturated carbocycles. The van der Waals surface area contributed by atoms with E-state index in [2.05, 4.69) is 18.8 Å². The Kier molecular flexibility index (Phi) is 6.71.